The highest BCUT2D eigenvalue weighted by Gasteiger charge is 2.24. The normalized spacial score (nSPS) is 11.5. The summed E-state index contributed by atoms with van der Waals surface area (Å²) in [4.78, 5) is 14.1. The van der Waals surface area contributed by atoms with E-state index in [-0.39, 0.29) is 23.9 Å². The summed E-state index contributed by atoms with van der Waals surface area (Å²) >= 11 is 9.19. The summed E-state index contributed by atoms with van der Waals surface area (Å²) in [6.45, 7) is 0.00799. The molecule has 0 aliphatic carbocycles. The Bertz CT molecular complexity index is 919. The van der Waals surface area contributed by atoms with E-state index in [2.05, 4.69) is 15.9 Å². The lowest BCUT2D eigenvalue weighted by Crippen LogP contribution is -2.39. The van der Waals surface area contributed by atoms with Gasteiger partial charge in [0, 0.05) is 35.7 Å². The van der Waals surface area contributed by atoms with Crippen LogP contribution in [-0.4, -0.2) is 51.3 Å². The van der Waals surface area contributed by atoms with Crippen LogP contribution in [0.3, 0.4) is 0 Å². The third kappa shape index (κ3) is 5.44. The Morgan fingerprint density at radius 2 is 1.78 bits per heavy atom. The molecule has 0 bridgehead atoms. The summed E-state index contributed by atoms with van der Waals surface area (Å²) < 4.78 is 32.4. The van der Waals surface area contributed by atoms with Crippen molar-refractivity contribution < 1.29 is 17.9 Å². The van der Waals surface area contributed by atoms with Gasteiger partial charge in [-0.15, -0.1) is 0 Å². The van der Waals surface area contributed by atoms with Crippen molar-refractivity contribution in [1.29, 1.82) is 0 Å². The van der Waals surface area contributed by atoms with Gasteiger partial charge in [0.2, 0.25) is 15.9 Å². The summed E-state index contributed by atoms with van der Waals surface area (Å²) in [5.74, 6) is 0.317. The molecule has 0 aromatic heterocycles. The second-order valence-corrected chi connectivity index (χ2v) is 9.32. The summed E-state index contributed by atoms with van der Waals surface area (Å²) in [6.07, 6.45) is 0. The van der Waals surface area contributed by atoms with Crippen molar-refractivity contribution in [3.8, 4) is 5.75 Å². The number of nitrogens with zero attached hydrogens (tertiary/aromatic N) is 2. The van der Waals surface area contributed by atoms with Gasteiger partial charge in [0.15, 0.2) is 0 Å². The van der Waals surface area contributed by atoms with Crippen LogP contribution in [0.25, 0.3) is 0 Å². The fourth-order valence-corrected chi connectivity index (χ4v) is 4.05. The van der Waals surface area contributed by atoms with Crippen LogP contribution in [-0.2, 0) is 21.4 Å². The predicted molar refractivity (Wildman–Crippen MR) is 108 cm³/mol. The fraction of sp³-hybridized carbons (Fsp3) is 0.278. The molecule has 146 valence electrons. The fourth-order valence-electron chi connectivity index (χ4n) is 2.40. The Kier molecular flexibility index (Phi) is 7.27. The highest BCUT2D eigenvalue weighted by atomic mass is 79.9. The first-order chi connectivity index (χ1) is 12.6. The van der Waals surface area contributed by atoms with Gasteiger partial charge in [0.05, 0.1) is 18.6 Å². The molecule has 0 atom stereocenters. The number of carbonyl (C=O) groups excluding carboxylic acids is 1. The van der Waals surface area contributed by atoms with E-state index in [1.807, 2.05) is 12.1 Å². The molecule has 0 saturated carbocycles. The van der Waals surface area contributed by atoms with Gasteiger partial charge in [-0.25, -0.2) is 8.42 Å². The van der Waals surface area contributed by atoms with Gasteiger partial charge in [-0.1, -0.05) is 27.5 Å². The molecule has 0 aliphatic heterocycles. The molecular formula is C18H20BrClN2O4S. The maximum atomic E-state index is 12.6. The van der Waals surface area contributed by atoms with Crippen molar-refractivity contribution in [1.82, 2.24) is 9.21 Å². The minimum absolute atomic E-state index is 0.0820. The second kappa shape index (κ2) is 9.05. The maximum Gasteiger partial charge on any atom is 0.243 e. The van der Waals surface area contributed by atoms with Gasteiger partial charge < -0.3 is 9.64 Å². The van der Waals surface area contributed by atoms with Crippen LogP contribution in [0.5, 0.6) is 5.75 Å². The average Bonchev–Trinajstić information content (AvgIpc) is 2.62. The lowest BCUT2D eigenvalue weighted by atomic mass is 10.2. The van der Waals surface area contributed by atoms with Crippen molar-refractivity contribution in [2.75, 3.05) is 27.7 Å². The molecule has 2 aromatic rings. The number of carbonyl (C=O) groups is 1. The van der Waals surface area contributed by atoms with Crippen LogP contribution >= 0.6 is 27.5 Å². The number of amides is 1. The molecular weight excluding hydrogens is 456 g/mol. The highest BCUT2D eigenvalue weighted by molar-refractivity contribution is 9.10. The second-order valence-electron chi connectivity index (χ2n) is 5.92. The SMILES string of the molecule is COc1ccc(Br)cc1CN(C)C(=O)CN(C)S(=O)(=O)c1ccc(Cl)cc1. The first-order valence-corrected chi connectivity index (χ1v) is 10.5. The molecule has 0 fully saturated rings. The molecule has 0 heterocycles. The summed E-state index contributed by atoms with van der Waals surface area (Å²) in [7, 11) is 0.762. The van der Waals surface area contributed by atoms with Gasteiger partial charge in [-0.05, 0) is 42.5 Å². The van der Waals surface area contributed by atoms with Gasteiger partial charge in [-0.2, -0.15) is 4.31 Å². The zero-order valence-electron chi connectivity index (χ0n) is 15.1. The first kappa shape index (κ1) is 21.7. The van der Waals surface area contributed by atoms with Crippen molar-refractivity contribution in [2.45, 2.75) is 11.4 Å². The van der Waals surface area contributed by atoms with Crippen LogP contribution in [0.2, 0.25) is 5.02 Å². The molecule has 0 saturated heterocycles. The van der Waals surface area contributed by atoms with Crippen LogP contribution < -0.4 is 4.74 Å². The average molecular weight is 476 g/mol. The van der Waals surface area contributed by atoms with Crippen LogP contribution in [0.1, 0.15) is 5.56 Å². The van der Waals surface area contributed by atoms with Gasteiger partial charge in [-0.3, -0.25) is 4.79 Å². The lowest BCUT2D eigenvalue weighted by molar-refractivity contribution is -0.130. The molecule has 27 heavy (non-hydrogen) atoms. The standard InChI is InChI=1S/C18H20BrClN2O4S/c1-21(11-13-10-14(19)4-9-17(13)26-3)18(23)12-22(2)27(24,25)16-7-5-15(20)6-8-16/h4-10H,11-12H2,1-3H3. The van der Waals surface area contributed by atoms with E-state index in [1.165, 1.54) is 36.2 Å². The van der Waals surface area contributed by atoms with E-state index >= 15 is 0 Å². The number of methoxy groups -OCH3 is 1. The van der Waals surface area contributed by atoms with Crippen molar-refractivity contribution in [2.24, 2.45) is 0 Å². The van der Waals surface area contributed by atoms with Crippen molar-refractivity contribution in [3.05, 3.63) is 57.5 Å². The number of ether oxygens (including phenoxy) is 1. The molecule has 2 rings (SSSR count). The van der Waals surface area contributed by atoms with E-state index in [0.29, 0.717) is 10.8 Å². The smallest absolute Gasteiger partial charge is 0.243 e. The predicted octanol–water partition coefficient (Wildman–Crippen LogP) is 3.39. The summed E-state index contributed by atoms with van der Waals surface area (Å²) in [5.41, 5.74) is 0.811. The molecule has 2 aromatic carbocycles. The number of rotatable bonds is 7. The molecule has 9 heteroatoms. The summed E-state index contributed by atoms with van der Waals surface area (Å²) in [6, 6.07) is 11.3. The highest BCUT2D eigenvalue weighted by Crippen LogP contribution is 2.24. The Balaban J connectivity index is 2.09. The Morgan fingerprint density at radius 1 is 1.15 bits per heavy atom. The Morgan fingerprint density at radius 3 is 2.37 bits per heavy atom. The van der Waals surface area contributed by atoms with Gasteiger partial charge >= 0.3 is 0 Å². The summed E-state index contributed by atoms with van der Waals surface area (Å²) in [5, 5.41) is 0.440. The molecule has 0 unspecified atom stereocenters. The third-order valence-electron chi connectivity index (χ3n) is 3.96. The third-order valence-corrected chi connectivity index (χ3v) is 6.52. The van der Waals surface area contributed by atoms with Crippen LogP contribution in [0.4, 0.5) is 0 Å². The number of benzene rings is 2. The Labute approximate surface area is 172 Å². The van der Waals surface area contributed by atoms with E-state index < -0.39 is 10.0 Å². The number of halogens is 2. The largest absolute Gasteiger partial charge is 0.496 e. The quantitative estimate of drug-likeness (QED) is 0.616. The molecule has 1 amide bonds. The zero-order valence-corrected chi connectivity index (χ0v) is 18.3. The molecule has 0 spiro atoms. The number of likely N-dealkylation sites (N-methyl/N-ethyl adjacent to an activating group) is 2. The van der Waals surface area contributed by atoms with Crippen LogP contribution in [0.15, 0.2) is 51.8 Å². The molecule has 0 N–H and O–H groups in total. The first-order valence-electron chi connectivity index (χ1n) is 7.93. The van der Waals surface area contributed by atoms with Crippen molar-refractivity contribution >= 4 is 43.5 Å². The lowest BCUT2D eigenvalue weighted by Gasteiger charge is -2.23. The molecule has 0 radical (unpaired) electrons. The Hall–Kier alpha value is -1.61. The maximum absolute atomic E-state index is 12.6. The monoisotopic (exact) mass is 474 g/mol. The number of hydrogen-bond donors (Lipinski definition) is 0. The molecule has 0 aliphatic rings. The van der Waals surface area contributed by atoms with Crippen LogP contribution in [0, 0.1) is 0 Å². The van der Waals surface area contributed by atoms with E-state index in [1.54, 1.807) is 20.2 Å². The van der Waals surface area contributed by atoms with Gasteiger partial charge in [0.25, 0.3) is 0 Å². The van der Waals surface area contributed by atoms with E-state index in [4.69, 9.17) is 16.3 Å². The molecule has 6 nitrogen and oxygen atoms in total. The minimum Gasteiger partial charge on any atom is -0.496 e. The number of sulfonamides is 1. The minimum atomic E-state index is -3.78. The van der Waals surface area contributed by atoms with E-state index in [9.17, 15) is 13.2 Å². The zero-order chi connectivity index (χ0) is 20.2. The topological polar surface area (TPSA) is 66.9 Å². The van der Waals surface area contributed by atoms with E-state index in [0.717, 1.165) is 14.3 Å². The van der Waals surface area contributed by atoms with Crippen molar-refractivity contribution in [3.63, 3.8) is 0 Å². The number of hydrogen-bond acceptors (Lipinski definition) is 4. The van der Waals surface area contributed by atoms with Gasteiger partial charge in [0.1, 0.15) is 5.75 Å².